The second-order valence-corrected chi connectivity index (χ2v) is 4.42. The molecule has 0 N–H and O–H groups in total. The topological polar surface area (TPSA) is 0 Å². The fourth-order valence-electron chi connectivity index (χ4n) is 1.37. The second kappa shape index (κ2) is 5.17. The maximum absolute atomic E-state index is 13.0. The average molecular weight is 299 g/mol. The first-order chi connectivity index (χ1) is 7.34. The highest BCUT2D eigenvalue weighted by atomic mass is 79.9. The van der Waals surface area contributed by atoms with E-state index in [1.807, 2.05) is 6.92 Å². The molecule has 0 aliphatic rings. The van der Waals surface area contributed by atoms with Crippen LogP contribution in [0.4, 0.5) is 17.6 Å². The quantitative estimate of drug-likeness (QED) is 0.572. The molecule has 0 amide bonds. The molecule has 1 aromatic carbocycles. The predicted molar refractivity (Wildman–Crippen MR) is 58.1 cm³/mol. The van der Waals surface area contributed by atoms with Crippen molar-refractivity contribution in [2.24, 2.45) is 5.92 Å². The number of alkyl halides is 4. The first-order valence-corrected chi connectivity index (χ1v) is 5.88. The molecule has 0 aliphatic heterocycles. The highest BCUT2D eigenvalue weighted by molar-refractivity contribution is 9.09. The van der Waals surface area contributed by atoms with Crippen molar-refractivity contribution in [3.05, 3.63) is 35.1 Å². The maximum atomic E-state index is 13.0. The van der Waals surface area contributed by atoms with Gasteiger partial charge in [0.25, 0.3) is 0 Å². The molecule has 1 atom stereocenters. The Labute approximate surface area is 99.8 Å². The number of hydrogen-bond donors (Lipinski definition) is 0. The standard InChI is InChI=1S/C11H11BrF4/c1-7(6-12)4-8-2-3-10(13)9(5-8)11(14,15)16/h2-3,5,7H,4,6H2,1H3. The fraction of sp³-hybridized carbons (Fsp3) is 0.455. The lowest BCUT2D eigenvalue weighted by Crippen LogP contribution is -2.10. The van der Waals surface area contributed by atoms with Gasteiger partial charge in [-0.05, 0) is 30.0 Å². The van der Waals surface area contributed by atoms with E-state index in [2.05, 4.69) is 15.9 Å². The molecule has 0 radical (unpaired) electrons. The van der Waals surface area contributed by atoms with Crippen molar-refractivity contribution in [2.45, 2.75) is 19.5 Å². The smallest absolute Gasteiger partial charge is 0.206 e. The Balaban J connectivity index is 2.99. The van der Waals surface area contributed by atoms with E-state index in [0.717, 1.165) is 12.1 Å². The molecule has 16 heavy (non-hydrogen) atoms. The molecule has 0 aliphatic carbocycles. The van der Waals surface area contributed by atoms with E-state index in [0.29, 0.717) is 17.3 Å². The van der Waals surface area contributed by atoms with Crippen LogP contribution in [0.1, 0.15) is 18.1 Å². The zero-order valence-corrected chi connectivity index (χ0v) is 10.2. The van der Waals surface area contributed by atoms with Crippen molar-refractivity contribution in [2.75, 3.05) is 5.33 Å². The van der Waals surface area contributed by atoms with Crippen molar-refractivity contribution in [1.82, 2.24) is 0 Å². The van der Waals surface area contributed by atoms with Crippen LogP contribution in [0.2, 0.25) is 0 Å². The lowest BCUT2D eigenvalue weighted by atomic mass is 10.0. The largest absolute Gasteiger partial charge is 0.419 e. The van der Waals surface area contributed by atoms with Gasteiger partial charge in [-0.25, -0.2) is 4.39 Å². The molecular weight excluding hydrogens is 288 g/mol. The molecule has 0 saturated carbocycles. The maximum Gasteiger partial charge on any atom is 0.419 e. The summed E-state index contributed by atoms with van der Waals surface area (Å²) in [5.41, 5.74) is -0.688. The van der Waals surface area contributed by atoms with Gasteiger partial charge in [0, 0.05) is 5.33 Å². The summed E-state index contributed by atoms with van der Waals surface area (Å²) < 4.78 is 50.2. The van der Waals surface area contributed by atoms with Crippen LogP contribution >= 0.6 is 15.9 Å². The van der Waals surface area contributed by atoms with Crippen LogP contribution in [-0.2, 0) is 12.6 Å². The van der Waals surface area contributed by atoms with Crippen LogP contribution in [0.25, 0.3) is 0 Å². The van der Waals surface area contributed by atoms with Gasteiger partial charge in [-0.3, -0.25) is 0 Å². The van der Waals surface area contributed by atoms with Crippen LogP contribution in [0, 0.1) is 11.7 Å². The van der Waals surface area contributed by atoms with Gasteiger partial charge in [-0.2, -0.15) is 13.2 Å². The van der Waals surface area contributed by atoms with Gasteiger partial charge < -0.3 is 0 Å². The van der Waals surface area contributed by atoms with Crippen molar-refractivity contribution in [3.63, 3.8) is 0 Å². The minimum atomic E-state index is -4.63. The summed E-state index contributed by atoms with van der Waals surface area (Å²) >= 11 is 3.25. The Morgan fingerprint density at radius 2 is 1.94 bits per heavy atom. The molecule has 0 spiro atoms. The van der Waals surface area contributed by atoms with E-state index in [1.54, 1.807) is 0 Å². The lowest BCUT2D eigenvalue weighted by molar-refractivity contribution is -0.140. The zero-order valence-electron chi connectivity index (χ0n) is 8.61. The third kappa shape index (κ3) is 3.47. The van der Waals surface area contributed by atoms with E-state index in [-0.39, 0.29) is 5.92 Å². The van der Waals surface area contributed by atoms with Gasteiger partial charge in [0.05, 0.1) is 5.56 Å². The van der Waals surface area contributed by atoms with Crippen molar-refractivity contribution in [3.8, 4) is 0 Å². The van der Waals surface area contributed by atoms with Crippen LogP contribution < -0.4 is 0 Å². The van der Waals surface area contributed by atoms with E-state index in [9.17, 15) is 17.6 Å². The molecule has 90 valence electrons. The Morgan fingerprint density at radius 1 is 1.31 bits per heavy atom. The molecule has 0 bridgehead atoms. The first-order valence-electron chi connectivity index (χ1n) is 4.76. The zero-order chi connectivity index (χ0) is 12.3. The van der Waals surface area contributed by atoms with E-state index < -0.39 is 17.6 Å². The molecular formula is C11H11BrF4. The van der Waals surface area contributed by atoms with Crippen molar-refractivity contribution in [1.29, 1.82) is 0 Å². The number of benzene rings is 1. The summed E-state index contributed by atoms with van der Waals surface area (Å²) in [5, 5.41) is 0.700. The number of halogens is 5. The van der Waals surface area contributed by atoms with E-state index in [4.69, 9.17) is 0 Å². The normalized spacial score (nSPS) is 13.9. The molecule has 0 fully saturated rings. The minimum Gasteiger partial charge on any atom is -0.206 e. The number of hydrogen-bond acceptors (Lipinski definition) is 0. The Bertz CT molecular complexity index is 359. The molecule has 0 heterocycles. The highest BCUT2D eigenvalue weighted by Crippen LogP contribution is 2.32. The fourth-order valence-corrected chi connectivity index (χ4v) is 1.60. The molecule has 1 aromatic rings. The van der Waals surface area contributed by atoms with Crippen LogP contribution in [0.3, 0.4) is 0 Å². The summed E-state index contributed by atoms with van der Waals surface area (Å²) in [6.45, 7) is 1.91. The Morgan fingerprint density at radius 3 is 2.44 bits per heavy atom. The van der Waals surface area contributed by atoms with Gasteiger partial charge in [-0.1, -0.05) is 28.9 Å². The summed E-state index contributed by atoms with van der Waals surface area (Å²) in [4.78, 5) is 0. The van der Waals surface area contributed by atoms with Gasteiger partial charge in [-0.15, -0.1) is 0 Å². The third-order valence-corrected chi connectivity index (χ3v) is 3.29. The Kier molecular flexibility index (Phi) is 4.35. The molecule has 0 saturated heterocycles. The van der Waals surface area contributed by atoms with Crippen LogP contribution in [0.15, 0.2) is 18.2 Å². The predicted octanol–water partition coefficient (Wildman–Crippen LogP) is 4.42. The van der Waals surface area contributed by atoms with Gasteiger partial charge >= 0.3 is 6.18 Å². The SMILES string of the molecule is CC(CBr)Cc1ccc(F)c(C(F)(F)F)c1. The van der Waals surface area contributed by atoms with Gasteiger partial charge in [0.2, 0.25) is 0 Å². The van der Waals surface area contributed by atoms with E-state index >= 15 is 0 Å². The second-order valence-electron chi connectivity index (χ2n) is 3.78. The molecule has 1 rings (SSSR count). The van der Waals surface area contributed by atoms with Crippen molar-refractivity contribution < 1.29 is 17.6 Å². The first kappa shape index (κ1) is 13.5. The molecule has 0 nitrogen and oxygen atoms in total. The van der Waals surface area contributed by atoms with Crippen LogP contribution in [-0.4, -0.2) is 5.33 Å². The average Bonchev–Trinajstić information content (AvgIpc) is 2.19. The van der Waals surface area contributed by atoms with Crippen LogP contribution in [0.5, 0.6) is 0 Å². The lowest BCUT2D eigenvalue weighted by Gasteiger charge is -2.12. The third-order valence-electron chi connectivity index (χ3n) is 2.18. The summed E-state index contributed by atoms with van der Waals surface area (Å²) in [6.07, 6.45) is -4.13. The van der Waals surface area contributed by atoms with Gasteiger partial charge in [0.15, 0.2) is 0 Å². The monoisotopic (exact) mass is 298 g/mol. The highest BCUT2D eigenvalue weighted by Gasteiger charge is 2.34. The van der Waals surface area contributed by atoms with E-state index in [1.165, 1.54) is 6.07 Å². The summed E-state index contributed by atoms with van der Waals surface area (Å²) in [5.74, 6) is -1.01. The van der Waals surface area contributed by atoms with Crippen molar-refractivity contribution >= 4 is 15.9 Å². The summed E-state index contributed by atoms with van der Waals surface area (Å²) in [6, 6.07) is 3.15. The summed E-state index contributed by atoms with van der Waals surface area (Å²) in [7, 11) is 0. The van der Waals surface area contributed by atoms with Gasteiger partial charge in [0.1, 0.15) is 5.82 Å². The molecule has 5 heteroatoms. The molecule has 0 aromatic heterocycles. The number of rotatable bonds is 3. The minimum absolute atomic E-state index is 0.214. The molecule has 1 unspecified atom stereocenters. The Hall–Kier alpha value is -0.580.